The van der Waals surface area contributed by atoms with Crippen LogP contribution in [0.15, 0.2) is 72.4 Å². The van der Waals surface area contributed by atoms with Gasteiger partial charge in [0, 0.05) is 43.2 Å². The van der Waals surface area contributed by atoms with Crippen LogP contribution < -0.4 is 10.0 Å². The van der Waals surface area contributed by atoms with Crippen LogP contribution in [0, 0.1) is 6.92 Å². The summed E-state index contributed by atoms with van der Waals surface area (Å²) >= 11 is 0. The molecule has 0 spiro atoms. The molecule has 226 valence electrons. The molecule has 1 amide bonds. The molecular formula is C32H35N3O7S. The van der Waals surface area contributed by atoms with E-state index in [0.29, 0.717) is 46.7 Å². The fraction of sp³-hybridized carbons (Fsp3) is 0.344. The standard InChI is InChI=1S/C32H35N3O7S/c1-5-41-30-23-13-10-16-33-26(23)25-24(28(30)36)27(34-32(25)42-6-2)22-15-14-20(17-19(22)3)18-43(38,39)35-31(37)29(40-4)21-11-8-7-9-12-21/h7-17,27,29-30,32,34H,5-6,18H2,1-4H3,(H,35,37)/t27?,29-,30?,32?/m1/s1. The predicted octanol–water partition coefficient (Wildman–Crippen LogP) is 3.84. The van der Waals surface area contributed by atoms with Crippen LogP contribution in [0.4, 0.5) is 0 Å². The topological polar surface area (TPSA) is 133 Å². The van der Waals surface area contributed by atoms with Gasteiger partial charge in [0.25, 0.3) is 5.91 Å². The van der Waals surface area contributed by atoms with Gasteiger partial charge in [0.15, 0.2) is 11.9 Å². The molecule has 10 nitrogen and oxygen atoms in total. The second-order valence-corrected chi connectivity index (χ2v) is 12.1. The summed E-state index contributed by atoms with van der Waals surface area (Å²) < 4.78 is 45.3. The second kappa shape index (κ2) is 12.9. The maximum Gasteiger partial charge on any atom is 0.267 e. The largest absolute Gasteiger partial charge is 0.367 e. The number of sulfonamides is 1. The van der Waals surface area contributed by atoms with Crippen LogP contribution in [0.25, 0.3) is 5.57 Å². The number of nitrogens with zero attached hydrogens (tertiary/aromatic N) is 1. The summed E-state index contributed by atoms with van der Waals surface area (Å²) in [6.07, 6.45) is -0.718. The van der Waals surface area contributed by atoms with Gasteiger partial charge in [-0.1, -0.05) is 54.6 Å². The molecule has 4 atom stereocenters. The van der Waals surface area contributed by atoms with Gasteiger partial charge in [-0.3, -0.25) is 24.6 Å². The van der Waals surface area contributed by atoms with Crippen molar-refractivity contribution < 1.29 is 32.2 Å². The van der Waals surface area contributed by atoms with E-state index in [1.807, 2.05) is 26.8 Å². The van der Waals surface area contributed by atoms with Crippen LogP contribution in [0.3, 0.4) is 0 Å². The number of ketones is 1. The van der Waals surface area contributed by atoms with Crippen LogP contribution in [-0.4, -0.2) is 51.6 Å². The molecule has 1 aliphatic carbocycles. The van der Waals surface area contributed by atoms with Crippen molar-refractivity contribution in [2.24, 2.45) is 0 Å². The minimum absolute atomic E-state index is 0.156. The first-order valence-corrected chi connectivity index (χ1v) is 15.8. The van der Waals surface area contributed by atoms with Gasteiger partial charge in [0.1, 0.15) is 12.3 Å². The maximum atomic E-state index is 13.9. The second-order valence-electron chi connectivity index (χ2n) is 10.3. The number of methoxy groups -OCH3 is 1. The minimum Gasteiger partial charge on any atom is -0.367 e. The van der Waals surface area contributed by atoms with E-state index < -0.39 is 46.2 Å². The first-order valence-electron chi connectivity index (χ1n) is 14.1. The van der Waals surface area contributed by atoms with Crippen molar-refractivity contribution in [3.63, 3.8) is 0 Å². The first kappa shape index (κ1) is 30.7. The Morgan fingerprint density at radius 1 is 1.00 bits per heavy atom. The van der Waals surface area contributed by atoms with Crippen molar-refractivity contribution in [2.45, 2.75) is 51.0 Å². The van der Waals surface area contributed by atoms with Crippen molar-refractivity contribution in [3.05, 3.63) is 106 Å². The molecule has 2 aromatic carbocycles. The average molecular weight is 606 g/mol. The number of hydrogen-bond acceptors (Lipinski definition) is 9. The number of aromatic nitrogens is 1. The van der Waals surface area contributed by atoms with E-state index in [4.69, 9.17) is 14.2 Å². The van der Waals surface area contributed by atoms with Crippen molar-refractivity contribution in [1.29, 1.82) is 0 Å². The summed E-state index contributed by atoms with van der Waals surface area (Å²) in [6, 6.07) is 17.0. The lowest BCUT2D eigenvalue weighted by molar-refractivity contribution is -0.129. The molecular weight excluding hydrogens is 570 g/mol. The summed E-state index contributed by atoms with van der Waals surface area (Å²) in [6.45, 7) is 6.36. The number of amides is 1. The average Bonchev–Trinajstić information content (AvgIpc) is 3.35. The third-order valence-corrected chi connectivity index (χ3v) is 8.77. The van der Waals surface area contributed by atoms with Gasteiger partial charge in [-0.15, -0.1) is 0 Å². The summed E-state index contributed by atoms with van der Waals surface area (Å²) in [4.78, 5) is 31.3. The van der Waals surface area contributed by atoms with Crippen molar-refractivity contribution in [2.75, 3.05) is 20.3 Å². The van der Waals surface area contributed by atoms with Crippen molar-refractivity contribution in [1.82, 2.24) is 15.0 Å². The SMILES string of the molecule is CCOC1NC(c2ccc(CS(=O)(=O)NC(=O)[C@H](OC)c3ccccc3)cc2C)C2=C1c1ncccc1C(OCC)C2=O. The fourth-order valence-corrected chi connectivity index (χ4v) is 6.89. The Hall–Kier alpha value is -3.74. The van der Waals surface area contributed by atoms with E-state index in [2.05, 4.69) is 15.0 Å². The van der Waals surface area contributed by atoms with Gasteiger partial charge < -0.3 is 14.2 Å². The highest BCUT2D eigenvalue weighted by atomic mass is 32.2. The molecule has 3 unspecified atom stereocenters. The summed E-state index contributed by atoms with van der Waals surface area (Å²) in [5.41, 5.74) is 5.21. The molecule has 1 aromatic heterocycles. The lowest BCUT2D eigenvalue weighted by Crippen LogP contribution is -2.36. The number of Topliss-reactive ketones (excluding diaryl/α,β-unsaturated/α-hetero) is 1. The quantitative estimate of drug-likeness (QED) is 0.334. The van der Waals surface area contributed by atoms with Gasteiger partial charge in [-0.25, -0.2) is 8.42 Å². The Bertz CT molecular complexity index is 1660. The lowest BCUT2D eigenvalue weighted by Gasteiger charge is -2.27. The van der Waals surface area contributed by atoms with Crippen molar-refractivity contribution in [3.8, 4) is 0 Å². The monoisotopic (exact) mass is 605 g/mol. The highest BCUT2D eigenvalue weighted by Crippen LogP contribution is 2.47. The third-order valence-electron chi connectivity index (χ3n) is 7.54. The zero-order chi connectivity index (χ0) is 30.7. The van der Waals surface area contributed by atoms with E-state index in [1.54, 1.807) is 60.8 Å². The molecule has 2 heterocycles. The molecule has 2 aliphatic rings. The van der Waals surface area contributed by atoms with Gasteiger partial charge in [-0.05, 0) is 49.1 Å². The minimum atomic E-state index is -4.04. The molecule has 0 fully saturated rings. The predicted molar refractivity (Wildman–Crippen MR) is 160 cm³/mol. The van der Waals surface area contributed by atoms with Gasteiger partial charge in [-0.2, -0.15) is 0 Å². The van der Waals surface area contributed by atoms with Crippen LogP contribution in [0.5, 0.6) is 0 Å². The summed E-state index contributed by atoms with van der Waals surface area (Å²) in [5, 5.41) is 3.45. The zero-order valence-electron chi connectivity index (χ0n) is 24.5. The Kier molecular flexibility index (Phi) is 9.19. The molecule has 0 radical (unpaired) electrons. The number of pyridine rings is 1. The number of aryl methyl sites for hydroxylation is 1. The molecule has 1 aliphatic heterocycles. The smallest absolute Gasteiger partial charge is 0.267 e. The Morgan fingerprint density at radius 3 is 2.42 bits per heavy atom. The number of fused-ring (bicyclic) bond motifs is 2. The molecule has 0 bridgehead atoms. The highest BCUT2D eigenvalue weighted by Gasteiger charge is 2.47. The molecule has 43 heavy (non-hydrogen) atoms. The first-order chi connectivity index (χ1) is 20.7. The number of carbonyl (C=O) groups is 2. The number of hydrogen-bond donors (Lipinski definition) is 2. The molecule has 2 N–H and O–H groups in total. The van der Waals surface area contributed by atoms with E-state index in [9.17, 15) is 18.0 Å². The zero-order valence-corrected chi connectivity index (χ0v) is 25.3. The summed E-state index contributed by atoms with van der Waals surface area (Å²) in [7, 11) is -2.69. The maximum absolute atomic E-state index is 13.9. The number of nitrogens with one attached hydrogen (secondary N) is 2. The fourth-order valence-electron chi connectivity index (χ4n) is 5.79. The molecule has 0 saturated heterocycles. The number of carbonyl (C=O) groups excluding carboxylic acids is 2. The normalized spacial score (nSPS) is 20.5. The Labute approximate surface area is 251 Å². The number of rotatable bonds is 11. The van der Waals surface area contributed by atoms with Crippen LogP contribution in [0.2, 0.25) is 0 Å². The van der Waals surface area contributed by atoms with E-state index in [-0.39, 0.29) is 5.78 Å². The highest BCUT2D eigenvalue weighted by molar-refractivity contribution is 7.89. The molecule has 3 aromatic rings. The number of ether oxygens (including phenoxy) is 3. The molecule has 0 saturated carbocycles. The molecule has 11 heteroatoms. The Balaban J connectivity index is 1.42. The molecule has 5 rings (SSSR count). The van der Waals surface area contributed by atoms with Crippen LogP contribution >= 0.6 is 0 Å². The Morgan fingerprint density at radius 2 is 1.74 bits per heavy atom. The lowest BCUT2D eigenvalue weighted by atomic mass is 9.82. The van der Waals surface area contributed by atoms with E-state index >= 15 is 0 Å². The van der Waals surface area contributed by atoms with Crippen molar-refractivity contribution >= 4 is 27.3 Å². The number of benzene rings is 2. The van der Waals surface area contributed by atoms with E-state index in [1.165, 1.54) is 7.11 Å². The van der Waals surface area contributed by atoms with Crippen LogP contribution in [0.1, 0.15) is 65.6 Å². The third kappa shape index (κ3) is 6.17. The van der Waals surface area contributed by atoms with Crippen LogP contribution in [-0.2, 0) is 39.6 Å². The van der Waals surface area contributed by atoms with Gasteiger partial charge in [0.2, 0.25) is 10.0 Å². The van der Waals surface area contributed by atoms with Gasteiger partial charge >= 0.3 is 0 Å². The summed E-state index contributed by atoms with van der Waals surface area (Å²) in [5.74, 6) is -1.34. The van der Waals surface area contributed by atoms with Gasteiger partial charge in [0.05, 0.1) is 17.5 Å². The van der Waals surface area contributed by atoms with E-state index in [0.717, 1.165) is 11.1 Å².